The van der Waals surface area contributed by atoms with E-state index in [4.69, 9.17) is 4.74 Å². The number of rotatable bonds is 4. The van der Waals surface area contributed by atoms with Crippen LogP contribution < -0.4 is 15.0 Å². The molecule has 0 bridgehead atoms. The fraction of sp³-hybridized carbons (Fsp3) is 0.556. The van der Waals surface area contributed by atoms with Gasteiger partial charge in [-0.05, 0) is 43.2 Å². The monoisotopic (exact) mass is 314 g/mol. The van der Waals surface area contributed by atoms with Gasteiger partial charge in [-0.25, -0.2) is 0 Å². The molecule has 0 radical (unpaired) electrons. The Morgan fingerprint density at radius 3 is 2.70 bits per heavy atom. The summed E-state index contributed by atoms with van der Waals surface area (Å²) in [5.74, 6) is 2.06. The molecule has 1 aromatic carbocycles. The van der Waals surface area contributed by atoms with E-state index in [0.717, 1.165) is 5.69 Å². The molecule has 2 saturated carbocycles. The van der Waals surface area contributed by atoms with Crippen LogP contribution in [0.15, 0.2) is 24.3 Å². The van der Waals surface area contributed by atoms with Gasteiger partial charge in [-0.15, -0.1) is 0 Å². The van der Waals surface area contributed by atoms with Gasteiger partial charge in [0.1, 0.15) is 11.8 Å². The van der Waals surface area contributed by atoms with E-state index in [1.807, 2.05) is 24.3 Å². The Labute approximate surface area is 136 Å². The molecule has 3 atom stereocenters. The molecule has 3 aliphatic rings. The molecule has 1 aromatic rings. The van der Waals surface area contributed by atoms with Crippen LogP contribution in [-0.4, -0.2) is 31.5 Å². The SMILES string of the molecule is COc1ccccc1N1CCC(NC(=O)C2C3CCCC32)C1=O. The summed E-state index contributed by atoms with van der Waals surface area (Å²) in [6.45, 7) is 0.613. The molecule has 0 aromatic heterocycles. The summed E-state index contributed by atoms with van der Waals surface area (Å²) in [6, 6.07) is 7.11. The van der Waals surface area contributed by atoms with E-state index in [2.05, 4.69) is 5.32 Å². The topological polar surface area (TPSA) is 58.6 Å². The van der Waals surface area contributed by atoms with Gasteiger partial charge in [-0.3, -0.25) is 9.59 Å². The summed E-state index contributed by atoms with van der Waals surface area (Å²) in [5, 5.41) is 2.99. The minimum absolute atomic E-state index is 0.0336. The van der Waals surface area contributed by atoms with Crippen LogP contribution in [0.1, 0.15) is 25.7 Å². The van der Waals surface area contributed by atoms with E-state index in [-0.39, 0.29) is 17.7 Å². The molecule has 122 valence electrons. The van der Waals surface area contributed by atoms with Crippen molar-refractivity contribution in [1.82, 2.24) is 5.32 Å². The van der Waals surface area contributed by atoms with Crippen molar-refractivity contribution in [3.05, 3.63) is 24.3 Å². The molecule has 5 nitrogen and oxygen atoms in total. The van der Waals surface area contributed by atoms with Crippen LogP contribution in [0.5, 0.6) is 5.75 Å². The summed E-state index contributed by atoms with van der Waals surface area (Å²) in [4.78, 5) is 26.8. The van der Waals surface area contributed by atoms with Crippen molar-refractivity contribution in [2.45, 2.75) is 31.7 Å². The molecule has 23 heavy (non-hydrogen) atoms. The first kappa shape index (κ1) is 14.5. The Morgan fingerprint density at radius 2 is 1.96 bits per heavy atom. The third kappa shape index (κ3) is 2.38. The number of para-hydroxylation sites is 2. The number of nitrogens with one attached hydrogen (secondary N) is 1. The minimum atomic E-state index is -0.395. The Balaban J connectivity index is 1.42. The third-order valence-corrected chi connectivity index (χ3v) is 5.61. The lowest BCUT2D eigenvalue weighted by atomic mass is 10.1. The maximum Gasteiger partial charge on any atom is 0.249 e. The van der Waals surface area contributed by atoms with E-state index in [1.165, 1.54) is 19.3 Å². The van der Waals surface area contributed by atoms with Crippen molar-refractivity contribution in [2.24, 2.45) is 17.8 Å². The van der Waals surface area contributed by atoms with Crippen LogP contribution in [0.4, 0.5) is 5.69 Å². The fourth-order valence-electron chi connectivity index (χ4n) is 4.38. The molecular formula is C18H22N2O3. The van der Waals surface area contributed by atoms with Crippen molar-refractivity contribution in [1.29, 1.82) is 0 Å². The van der Waals surface area contributed by atoms with Crippen LogP contribution >= 0.6 is 0 Å². The number of nitrogens with zero attached hydrogens (tertiary/aromatic N) is 1. The van der Waals surface area contributed by atoms with Crippen molar-refractivity contribution in [3.8, 4) is 5.75 Å². The first-order valence-electron chi connectivity index (χ1n) is 8.45. The maximum absolute atomic E-state index is 12.7. The zero-order valence-electron chi connectivity index (χ0n) is 13.3. The molecule has 1 heterocycles. The average molecular weight is 314 g/mol. The molecule has 1 aliphatic heterocycles. The van der Waals surface area contributed by atoms with Gasteiger partial charge in [0.2, 0.25) is 11.8 Å². The van der Waals surface area contributed by atoms with Crippen molar-refractivity contribution in [3.63, 3.8) is 0 Å². The number of hydrogen-bond acceptors (Lipinski definition) is 3. The van der Waals surface area contributed by atoms with Crippen LogP contribution in [-0.2, 0) is 9.59 Å². The number of anilines is 1. The first-order valence-corrected chi connectivity index (χ1v) is 8.45. The van der Waals surface area contributed by atoms with E-state index >= 15 is 0 Å². The highest BCUT2D eigenvalue weighted by atomic mass is 16.5. The van der Waals surface area contributed by atoms with Crippen molar-refractivity contribution in [2.75, 3.05) is 18.6 Å². The number of carbonyl (C=O) groups is 2. The standard InChI is InChI=1S/C18H22N2O3/c1-23-15-8-3-2-7-14(15)20-10-9-13(18(20)22)19-17(21)16-11-5-4-6-12(11)16/h2-3,7-8,11-13,16H,4-6,9-10H2,1H3,(H,19,21). The van der Waals surface area contributed by atoms with Gasteiger partial charge in [0.05, 0.1) is 12.8 Å². The molecule has 5 heteroatoms. The number of ether oxygens (including phenoxy) is 1. The van der Waals surface area contributed by atoms with Crippen LogP contribution in [0.3, 0.4) is 0 Å². The van der Waals surface area contributed by atoms with Gasteiger partial charge in [-0.2, -0.15) is 0 Å². The molecule has 4 rings (SSSR count). The van der Waals surface area contributed by atoms with Gasteiger partial charge in [0.25, 0.3) is 0 Å². The van der Waals surface area contributed by atoms with Gasteiger partial charge in [0, 0.05) is 12.5 Å². The lowest BCUT2D eigenvalue weighted by molar-refractivity contribution is -0.127. The highest BCUT2D eigenvalue weighted by Gasteiger charge is 2.57. The first-order chi connectivity index (χ1) is 11.2. The van der Waals surface area contributed by atoms with Crippen LogP contribution in [0, 0.1) is 17.8 Å². The van der Waals surface area contributed by atoms with E-state index in [0.29, 0.717) is 30.6 Å². The van der Waals surface area contributed by atoms with E-state index < -0.39 is 6.04 Å². The summed E-state index contributed by atoms with van der Waals surface area (Å²) >= 11 is 0. The predicted molar refractivity (Wildman–Crippen MR) is 86.2 cm³/mol. The zero-order valence-corrected chi connectivity index (χ0v) is 13.3. The highest BCUT2D eigenvalue weighted by Crippen LogP contribution is 2.57. The number of carbonyl (C=O) groups excluding carboxylic acids is 2. The zero-order chi connectivity index (χ0) is 16.0. The second kappa shape index (κ2) is 5.55. The third-order valence-electron chi connectivity index (χ3n) is 5.61. The normalized spacial score (nSPS) is 31.9. The number of amides is 2. The van der Waals surface area contributed by atoms with Gasteiger partial charge in [-0.1, -0.05) is 18.6 Å². The second-order valence-corrected chi connectivity index (χ2v) is 6.80. The minimum Gasteiger partial charge on any atom is -0.495 e. The largest absolute Gasteiger partial charge is 0.495 e. The Hall–Kier alpha value is -2.04. The van der Waals surface area contributed by atoms with Gasteiger partial charge >= 0.3 is 0 Å². The summed E-state index contributed by atoms with van der Waals surface area (Å²) in [5.41, 5.74) is 0.778. The molecule has 3 fully saturated rings. The van der Waals surface area contributed by atoms with Crippen molar-refractivity contribution >= 4 is 17.5 Å². The average Bonchev–Trinajstić information content (AvgIpc) is 2.89. The summed E-state index contributed by atoms with van der Waals surface area (Å²) in [6.07, 6.45) is 4.26. The quantitative estimate of drug-likeness (QED) is 0.924. The second-order valence-electron chi connectivity index (χ2n) is 6.80. The molecular weight excluding hydrogens is 292 g/mol. The number of fused-ring (bicyclic) bond motifs is 1. The Morgan fingerprint density at radius 1 is 1.22 bits per heavy atom. The molecule has 0 spiro atoms. The van der Waals surface area contributed by atoms with E-state index in [9.17, 15) is 9.59 Å². The lowest BCUT2D eigenvalue weighted by Gasteiger charge is -2.19. The summed E-state index contributed by atoms with van der Waals surface area (Å²) < 4.78 is 5.34. The van der Waals surface area contributed by atoms with Gasteiger partial charge in [0.15, 0.2) is 0 Å². The maximum atomic E-state index is 12.7. The van der Waals surface area contributed by atoms with Crippen LogP contribution in [0.2, 0.25) is 0 Å². The molecule has 2 aliphatic carbocycles. The molecule has 2 amide bonds. The van der Waals surface area contributed by atoms with Crippen LogP contribution in [0.25, 0.3) is 0 Å². The number of methoxy groups -OCH3 is 1. The number of hydrogen-bond donors (Lipinski definition) is 1. The van der Waals surface area contributed by atoms with Gasteiger partial charge < -0.3 is 15.0 Å². The smallest absolute Gasteiger partial charge is 0.249 e. The molecule has 1 saturated heterocycles. The predicted octanol–water partition coefficient (Wildman–Crippen LogP) is 1.96. The molecule has 1 N–H and O–H groups in total. The van der Waals surface area contributed by atoms with E-state index in [1.54, 1.807) is 12.0 Å². The highest BCUT2D eigenvalue weighted by molar-refractivity contribution is 6.02. The summed E-state index contributed by atoms with van der Waals surface area (Å²) in [7, 11) is 1.60. The Bertz CT molecular complexity index is 635. The van der Waals surface area contributed by atoms with Crippen molar-refractivity contribution < 1.29 is 14.3 Å². The lowest BCUT2D eigenvalue weighted by Crippen LogP contribution is -2.42. The fourth-order valence-corrected chi connectivity index (χ4v) is 4.38. The number of benzene rings is 1. The molecule has 3 unspecified atom stereocenters. The Kier molecular flexibility index (Phi) is 3.51.